The summed E-state index contributed by atoms with van der Waals surface area (Å²) >= 11 is 0. The van der Waals surface area contributed by atoms with E-state index in [1.54, 1.807) is 0 Å². The zero-order valence-electron chi connectivity index (χ0n) is 21.0. The number of ether oxygens (including phenoxy) is 1. The quantitative estimate of drug-likeness (QED) is 0.568. The van der Waals surface area contributed by atoms with Gasteiger partial charge in [0.05, 0.1) is 12.0 Å². The average molecular weight is 474 g/mol. The predicted molar refractivity (Wildman–Crippen MR) is 136 cm³/mol. The van der Waals surface area contributed by atoms with Crippen molar-refractivity contribution in [1.82, 2.24) is 19.4 Å². The number of hydrogen-bond acceptors (Lipinski definition) is 5. The lowest BCUT2D eigenvalue weighted by Crippen LogP contribution is -2.54. The number of carbonyl (C=O) groups is 1. The first-order valence-electron chi connectivity index (χ1n) is 13.1. The normalized spacial score (nSPS) is 21.7. The number of aryl methyl sites for hydroxylation is 2. The van der Waals surface area contributed by atoms with Crippen molar-refractivity contribution in [3.8, 4) is 0 Å². The molecule has 1 aliphatic carbocycles. The monoisotopic (exact) mass is 473 g/mol. The van der Waals surface area contributed by atoms with Crippen LogP contribution < -0.4 is 5.32 Å². The van der Waals surface area contributed by atoms with Crippen LogP contribution in [-0.4, -0.2) is 45.0 Å². The van der Waals surface area contributed by atoms with Crippen molar-refractivity contribution < 1.29 is 9.53 Å². The molecule has 7 nitrogen and oxygen atoms in total. The lowest BCUT2D eigenvalue weighted by atomic mass is 9.89. The van der Waals surface area contributed by atoms with Gasteiger partial charge in [-0.1, -0.05) is 42.7 Å². The molecule has 2 aliphatic heterocycles. The van der Waals surface area contributed by atoms with Gasteiger partial charge in [-0.3, -0.25) is 4.79 Å². The van der Waals surface area contributed by atoms with Crippen molar-refractivity contribution in [3.63, 3.8) is 0 Å². The minimum atomic E-state index is -0.00655. The van der Waals surface area contributed by atoms with Crippen LogP contribution in [0.4, 0.5) is 5.82 Å². The Labute approximate surface area is 206 Å². The molecule has 35 heavy (non-hydrogen) atoms. The molecule has 6 rings (SSSR count). The maximum Gasteiger partial charge on any atom is 0.225 e. The van der Waals surface area contributed by atoms with E-state index in [9.17, 15) is 4.79 Å². The topological polar surface area (TPSA) is 72.3 Å². The Morgan fingerprint density at radius 1 is 1.14 bits per heavy atom. The van der Waals surface area contributed by atoms with Crippen LogP contribution in [0.1, 0.15) is 67.4 Å². The SMILES string of the molecule is Cc1cccc([C@@H](C)Nc2nc(C)nc3c2cc2n3CCOC2C2CN(C(=O)C3CCCC3)C2)c1. The smallest absolute Gasteiger partial charge is 0.225 e. The van der Waals surface area contributed by atoms with Crippen LogP contribution in [0.25, 0.3) is 11.0 Å². The summed E-state index contributed by atoms with van der Waals surface area (Å²) in [4.78, 5) is 24.5. The number of hydrogen-bond donors (Lipinski definition) is 1. The molecule has 1 N–H and O–H groups in total. The lowest BCUT2D eigenvalue weighted by molar-refractivity contribution is -0.148. The second-order valence-corrected chi connectivity index (χ2v) is 10.6. The van der Waals surface area contributed by atoms with Gasteiger partial charge in [0.1, 0.15) is 23.4 Å². The van der Waals surface area contributed by atoms with Crippen molar-refractivity contribution in [2.24, 2.45) is 11.8 Å². The average Bonchev–Trinajstić information content (AvgIpc) is 3.47. The van der Waals surface area contributed by atoms with Crippen molar-refractivity contribution in [2.75, 3.05) is 25.0 Å². The number of amides is 1. The van der Waals surface area contributed by atoms with Crippen molar-refractivity contribution in [2.45, 2.75) is 65.1 Å². The molecule has 3 aliphatic rings. The van der Waals surface area contributed by atoms with Crippen molar-refractivity contribution in [1.29, 1.82) is 0 Å². The molecular formula is C28H35N5O2. The summed E-state index contributed by atoms with van der Waals surface area (Å²) in [6.45, 7) is 9.29. The summed E-state index contributed by atoms with van der Waals surface area (Å²) < 4.78 is 8.61. The predicted octanol–water partition coefficient (Wildman–Crippen LogP) is 4.94. The van der Waals surface area contributed by atoms with Gasteiger partial charge < -0.3 is 19.5 Å². The molecule has 1 amide bonds. The third-order valence-corrected chi connectivity index (χ3v) is 8.05. The zero-order chi connectivity index (χ0) is 24.1. The summed E-state index contributed by atoms with van der Waals surface area (Å²) in [7, 11) is 0. The van der Waals surface area contributed by atoms with Gasteiger partial charge in [0.15, 0.2) is 0 Å². The molecule has 1 unspecified atom stereocenters. The van der Waals surface area contributed by atoms with Crippen LogP contribution in [-0.2, 0) is 16.1 Å². The van der Waals surface area contributed by atoms with E-state index in [1.807, 2.05) is 11.8 Å². The number of likely N-dealkylation sites (tertiary alicyclic amines) is 1. The van der Waals surface area contributed by atoms with Crippen LogP contribution in [0.15, 0.2) is 30.3 Å². The molecule has 0 bridgehead atoms. The molecule has 0 spiro atoms. The molecule has 1 saturated carbocycles. The first kappa shape index (κ1) is 22.5. The first-order valence-corrected chi connectivity index (χ1v) is 13.1. The Morgan fingerprint density at radius 3 is 2.71 bits per heavy atom. The number of rotatable bonds is 5. The third-order valence-electron chi connectivity index (χ3n) is 8.05. The number of anilines is 1. The van der Waals surface area contributed by atoms with Gasteiger partial charge in [-0.15, -0.1) is 0 Å². The Bertz CT molecular complexity index is 1260. The Kier molecular flexibility index (Phi) is 5.75. The van der Waals surface area contributed by atoms with Crippen LogP contribution >= 0.6 is 0 Å². The highest BCUT2D eigenvalue weighted by Crippen LogP contribution is 2.40. The van der Waals surface area contributed by atoms with Gasteiger partial charge in [0.2, 0.25) is 5.91 Å². The van der Waals surface area contributed by atoms with E-state index in [2.05, 4.69) is 54.1 Å². The summed E-state index contributed by atoms with van der Waals surface area (Å²) in [6, 6.07) is 10.9. The number of benzene rings is 1. The van der Waals surface area contributed by atoms with Gasteiger partial charge in [-0.05, 0) is 45.2 Å². The first-order chi connectivity index (χ1) is 17.0. The number of nitrogens with one attached hydrogen (secondary N) is 1. The summed E-state index contributed by atoms with van der Waals surface area (Å²) in [5.41, 5.74) is 4.62. The lowest BCUT2D eigenvalue weighted by Gasteiger charge is -2.45. The van der Waals surface area contributed by atoms with Crippen LogP contribution in [0, 0.1) is 25.7 Å². The van der Waals surface area contributed by atoms with Crippen molar-refractivity contribution >= 4 is 22.8 Å². The molecule has 2 fully saturated rings. The second kappa shape index (κ2) is 8.94. The second-order valence-electron chi connectivity index (χ2n) is 10.6. The van der Waals surface area contributed by atoms with Crippen molar-refractivity contribution in [3.05, 3.63) is 53.0 Å². The van der Waals surface area contributed by atoms with Gasteiger partial charge in [0.25, 0.3) is 0 Å². The highest BCUT2D eigenvalue weighted by Gasteiger charge is 2.42. The van der Waals surface area contributed by atoms with Crippen LogP contribution in [0.2, 0.25) is 0 Å². The molecular weight excluding hydrogens is 438 g/mol. The maximum atomic E-state index is 12.8. The molecule has 184 valence electrons. The van der Waals surface area contributed by atoms with Gasteiger partial charge in [-0.25, -0.2) is 9.97 Å². The Balaban J connectivity index is 1.26. The van der Waals surface area contributed by atoms with Gasteiger partial charge in [-0.2, -0.15) is 0 Å². The highest BCUT2D eigenvalue weighted by molar-refractivity contribution is 5.89. The molecule has 4 heterocycles. The third kappa shape index (κ3) is 4.10. The number of aromatic nitrogens is 3. The van der Waals surface area contributed by atoms with E-state index >= 15 is 0 Å². The fraction of sp³-hybridized carbons (Fsp3) is 0.536. The Hall–Kier alpha value is -2.93. The zero-order valence-corrected chi connectivity index (χ0v) is 21.0. The van der Waals surface area contributed by atoms with E-state index in [0.717, 1.165) is 60.8 Å². The maximum absolute atomic E-state index is 12.8. The highest BCUT2D eigenvalue weighted by atomic mass is 16.5. The Morgan fingerprint density at radius 2 is 1.94 bits per heavy atom. The molecule has 1 saturated heterocycles. The van der Waals surface area contributed by atoms with E-state index < -0.39 is 0 Å². The van der Waals surface area contributed by atoms with E-state index in [-0.39, 0.29) is 18.1 Å². The minimum Gasteiger partial charge on any atom is -0.370 e. The van der Waals surface area contributed by atoms with E-state index in [1.165, 1.54) is 24.0 Å². The standard InChI is InChI=1S/C28H35N5O2/c1-17-7-6-10-21(13-17)18(2)29-26-23-14-24-25(35-12-11-33(24)27(23)31-19(3)30-26)22-15-32(16-22)28(34)20-8-4-5-9-20/h6-7,10,13-14,18,20,22,25H,4-5,8-9,11-12,15-16H2,1-3H3,(H,29,30,31)/t18-,25?/m1/s1. The molecule has 1 aromatic carbocycles. The summed E-state index contributed by atoms with van der Waals surface area (Å²) in [6.07, 6.45) is 4.50. The largest absolute Gasteiger partial charge is 0.370 e. The van der Waals surface area contributed by atoms with Gasteiger partial charge >= 0.3 is 0 Å². The molecule has 7 heteroatoms. The molecule has 2 atom stereocenters. The van der Waals surface area contributed by atoms with Crippen LogP contribution in [0.3, 0.4) is 0 Å². The number of carbonyl (C=O) groups excluding carboxylic acids is 1. The van der Waals surface area contributed by atoms with Crippen LogP contribution in [0.5, 0.6) is 0 Å². The fourth-order valence-corrected chi connectivity index (χ4v) is 6.11. The van der Waals surface area contributed by atoms with Gasteiger partial charge in [0, 0.05) is 43.2 Å². The summed E-state index contributed by atoms with van der Waals surface area (Å²) in [5.74, 6) is 2.57. The fourth-order valence-electron chi connectivity index (χ4n) is 6.11. The number of nitrogens with zero attached hydrogens (tertiary/aromatic N) is 4. The molecule has 3 aromatic rings. The van der Waals surface area contributed by atoms with E-state index in [0.29, 0.717) is 18.4 Å². The van der Waals surface area contributed by atoms with E-state index in [4.69, 9.17) is 14.7 Å². The number of fused-ring (bicyclic) bond motifs is 3. The minimum absolute atomic E-state index is 0.00655. The molecule has 2 aromatic heterocycles. The molecule has 0 radical (unpaired) electrons. The summed E-state index contributed by atoms with van der Waals surface area (Å²) in [5, 5.41) is 4.69.